The lowest BCUT2D eigenvalue weighted by atomic mass is 9.98. The molecule has 1 rings (SSSR count). The van der Waals surface area contributed by atoms with Crippen LogP contribution in [0.2, 0.25) is 0 Å². The zero-order valence-corrected chi connectivity index (χ0v) is 11.7. The zero-order chi connectivity index (χ0) is 11.5. The van der Waals surface area contributed by atoms with Crippen molar-refractivity contribution in [1.29, 1.82) is 0 Å². The molecule has 0 aromatic carbocycles. The van der Waals surface area contributed by atoms with Gasteiger partial charge in [-0.25, -0.2) is 0 Å². The number of nitrogens with one attached hydrogen (secondary N) is 1. The van der Waals surface area contributed by atoms with Crippen molar-refractivity contribution in [3.05, 3.63) is 11.1 Å². The topological polar surface area (TPSA) is 15.3 Å². The summed E-state index contributed by atoms with van der Waals surface area (Å²) in [5, 5.41) is 3.52. The number of hydrogen-bond donors (Lipinski definition) is 1. The van der Waals surface area contributed by atoms with Crippen molar-refractivity contribution in [1.82, 2.24) is 10.2 Å². The Bertz CT molecular complexity index is 212. The molecule has 0 amide bonds. The van der Waals surface area contributed by atoms with Crippen LogP contribution in [0.25, 0.3) is 0 Å². The van der Waals surface area contributed by atoms with Crippen LogP contribution in [-0.4, -0.2) is 36.1 Å². The molecule has 0 saturated carbocycles. The van der Waals surface area contributed by atoms with Gasteiger partial charge in [0.25, 0.3) is 0 Å². The third kappa shape index (κ3) is 4.66. The van der Waals surface area contributed by atoms with Crippen molar-refractivity contribution >= 4 is 15.9 Å². The molecule has 1 saturated heterocycles. The summed E-state index contributed by atoms with van der Waals surface area (Å²) in [6.07, 6.45) is 2.50. The molecule has 0 unspecified atom stereocenters. The number of rotatable bonds is 3. The van der Waals surface area contributed by atoms with Gasteiger partial charge in [-0.15, -0.1) is 0 Å². The number of hydrogen-bond acceptors (Lipinski definition) is 2. The Morgan fingerprint density at radius 3 is 2.33 bits per heavy atom. The van der Waals surface area contributed by atoms with Crippen molar-refractivity contribution in [2.75, 3.05) is 19.6 Å². The third-order valence-corrected chi connectivity index (χ3v) is 3.31. The van der Waals surface area contributed by atoms with Crippen LogP contribution in [0.5, 0.6) is 0 Å². The molecule has 1 fully saturated rings. The molecular formula is C12H23BrN2. The van der Waals surface area contributed by atoms with Crippen LogP contribution >= 0.6 is 15.9 Å². The van der Waals surface area contributed by atoms with E-state index in [1.807, 2.05) is 0 Å². The fourth-order valence-corrected chi connectivity index (χ4v) is 2.17. The van der Waals surface area contributed by atoms with E-state index >= 15 is 0 Å². The van der Waals surface area contributed by atoms with Crippen LogP contribution in [0.4, 0.5) is 0 Å². The molecule has 88 valence electrons. The average Bonchev–Trinajstić information content (AvgIpc) is 2.14. The average molecular weight is 275 g/mol. The maximum Gasteiger partial charge on any atom is 0.0268 e. The van der Waals surface area contributed by atoms with E-state index in [2.05, 4.69) is 53.5 Å². The molecule has 15 heavy (non-hydrogen) atoms. The summed E-state index contributed by atoms with van der Waals surface area (Å²) in [4.78, 5) is 2.56. The molecule has 1 aliphatic heterocycles. The summed E-state index contributed by atoms with van der Waals surface area (Å²) >= 11 is 3.38. The molecule has 0 aliphatic carbocycles. The fraction of sp³-hybridized carbons (Fsp3) is 0.833. The summed E-state index contributed by atoms with van der Waals surface area (Å²) < 4.78 is 1.04. The van der Waals surface area contributed by atoms with Crippen LogP contribution < -0.4 is 5.32 Å². The highest BCUT2D eigenvalue weighted by Gasteiger charge is 2.26. The van der Waals surface area contributed by atoms with Crippen molar-refractivity contribution in [3.63, 3.8) is 0 Å². The van der Waals surface area contributed by atoms with Gasteiger partial charge in [-0.3, -0.25) is 4.90 Å². The van der Waals surface area contributed by atoms with Crippen LogP contribution in [0, 0.1) is 0 Å². The van der Waals surface area contributed by atoms with E-state index in [9.17, 15) is 0 Å². The first kappa shape index (κ1) is 13.2. The lowest BCUT2D eigenvalue weighted by Crippen LogP contribution is -2.50. The normalized spacial score (nSPS) is 20.5. The molecule has 2 nitrogen and oxygen atoms in total. The largest absolute Gasteiger partial charge is 0.309 e. The van der Waals surface area contributed by atoms with E-state index in [1.165, 1.54) is 25.9 Å². The minimum absolute atomic E-state index is 0.323. The van der Waals surface area contributed by atoms with Crippen LogP contribution in [0.3, 0.4) is 0 Å². The fourth-order valence-electron chi connectivity index (χ4n) is 2.01. The number of halogens is 1. The minimum Gasteiger partial charge on any atom is -0.309 e. The van der Waals surface area contributed by atoms with Gasteiger partial charge in [-0.1, -0.05) is 22.5 Å². The summed E-state index contributed by atoms with van der Waals surface area (Å²) in [5.74, 6) is 0. The third-order valence-electron chi connectivity index (χ3n) is 3.03. The van der Waals surface area contributed by atoms with Gasteiger partial charge < -0.3 is 5.32 Å². The van der Waals surface area contributed by atoms with Crippen molar-refractivity contribution < 1.29 is 0 Å². The first-order chi connectivity index (χ1) is 6.89. The molecule has 0 bridgehead atoms. The van der Waals surface area contributed by atoms with Crippen molar-refractivity contribution in [2.45, 2.75) is 45.2 Å². The van der Waals surface area contributed by atoms with E-state index in [1.54, 1.807) is 0 Å². The van der Waals surface area contributed by atoms with Gasteiger partial charge in [0, 0.05) is 35.7 Å². The van der Waals surface area contributed by atoms with Crippen LogP contribution in [0.15, 0.2) is 11.1 Å². The number of piperidine rings is 1. The maximum atomic E-state index is 3.84. The molecule has 1 heterocycles. The Balaban J connectivity index is 2.27. The Hall–Kier alpha value is 0.140. The zero-order valence-electron chi connectivity index (χ0n) is 10.1. The summed E-state index contributed by atoms with van der Waals surface area (Å²) in [7, 11) is 0. The maximum absolute atomic E-state index is 3.84. The number of likely N-dealkylation sites (tertiary alicyclic amines) is 1. The van der Waals surface area contributed by atoms with Crippen molar-refractivity contribution in [3.8, 4) is 0 Å². The van der Waals surface area contributed by atoms with Gasteiger partial charge in [0.05, 0.1) is 0 Å². The monoisotopic (exact) mass is 274 g/mol. The van der Waals surface area contributed by atoms with Crippen LogP contribution in [-0.2, 0) is 0 Å². The first-order valence-electron chi connectivity index (χ1n) is 5.71. The highest BCUT2D eigenvalue weighted by molar-refractivity contribution is 9.11. The smallest absolute Gasteiger partial charge is 0.0268 e. The van der Waals surface area contributed by atoms with E-state index in [4.69, 9.17) is 0 Å². The molecule has 0 atom stereocenters. The Labute approximate surface area is 102 Å². The van der Waals surface area contributed by atoms with Gasteiger partial charge in [-0.2, -0.15) is 0 Å². The second kappa shape index (κ2) is 5.46. The summed E-state index contributed by atoms with van der Waals surface area (Å²) in [6.45, 7) is 14.0. The molecule has 1 N–H and O–H groups in total. The SMILES string of the molecule is C=C(Br)CNC1CCN(C(C)(C)C)CC1. The quantitative estimate of drug-likeness (QED) is 0.852. The molecule has 0 spiro atoms. The highest BCUT2D eigenvalue weighted by Crippen LogP contribution is 2.20. The van der Waals surface area contributed by atoms with Crippen molar-refractivity contribution in [2.24, 2.45) is 0 Å². The van der Waals surface area contributed by atoms with Gasteiger partial charge in [0.1, 0.15) is 0 Å². The van der Waals surface area contributed by atoms with Gasteiger partial charge in [0.2, 0.25) is 0 Å². The second-order valence-corrected chi connectivity index (χ2v) is 6.45. The summed E-state index contributed by atoms with van der Waals surface area (Å²) in [6, 6.07) is 0.665. The van der Waals surface area contributed by atoms with Gasteiger partial charge >= 0.3 is 0 Å². The molecule has 0 radical (unpaired) electrons. The Morgan fingerprint density at radius 1 is 1.40 bits per heavy atom. The molecular weight excluding hydrogens is 252 g/mol. The van der Waals surface area contributed by atoms with Crippen LogP contribution in [0.1, 0.15) is 33.6 Å². The second-order valence-electron chi connectivity index (χ2n) is 5.33. The number of nitrogens with zero attached hydrogens (tertiary/aromatic N) is 1. The lowest BCUT2D eigenvalue weighted by molar-refractivity contribution is 0.0971. The summed E-state index contributed by atoms with van der Waals surface area (Å²) in [5.41, 5.74) is 0.323. The molecule has 0 aromatic heterocycles. The predicted molar refractivity (Wildman–Crippen MR) is 70.4 cm³/mol. The van der Waals surface area contributed by atoms with Gasteiger partial charge in [-0.05, 0) is 33.6 Å². The van der Waals surface area contributed by atoms with E-state index in [-0.39, 0.29) is 0 Å². The van der Waals surface area contributed by atoms with E-state index in [0.29, 0.717) is 11.6 Å². The Morgan fingerprint density at radius 2 is 1.93 bits per heavy atom. The van der Waals surface area contributed by atoms with Gasteiger partial charge in [0.15, 0.2) is 0 Å². The predicted octanol–water partition coefficient (Wildman–Crippen LogP) is 2.75. The Kier molecular flexibility index (Phi) is 4.81. The van der Waals surface area contributed by atoms with E-state index < -0.39 is 0 Å². The highest BCUT2D eigenvalue weighted by atomic mass is 79.9. The first-order valence-corrected chi connectivity index (χ1v) is 6.50. The lowest BCUT2D eigenvalue weighted by Gasteiger charge is -2.41. The molecule has 0 aromatic rings. The van der Waals surface area contributed by atoms with E-state index in [0.717, 1.165) is 11.0 Å². The standard InChI is InChI=1S/C12H23BrN2/c1-10(13)9-14-11-5-7-15(8-6-11)12(2,3)4/h11,14H,1,5-9H2,2-4H3. The minimum atomic E-state index is 0.323. The molecule has 3 heteroatoms. The molecule has 1 aliphatic rings.